The third-order valence-corrected chi connectivity index (χ3v) is 5.04. The van der Waals surface area contributed by atoms with Crippen molar-refractivity contribution in [3.05, 3.63) is 29.8 Å². The van der Waals surface area contributed by atoms with Crippen LogP contribution in [-0.4, -0.2) is 18.9 Å². The molecule has 1 unspecified atom stereocenters. The Morgan fingerprint density at radius 2 is 1.76 bits per heavy atom. The fourth-order valence-corrected chi connectivity index (χ4v) is 3.58. The molecule has 1 saturated heterocycles. The van der Waals surface area contributed by atoms with Crippen LogP contribution in [0.15, 0.2) is 24.3 Å². The van der Waals surface area contributed by atoms with E-state index in [1.165, 1.54) is 4.90 Å². The number of rotatable bonds is 3. The zero-order valence-corrected chi connectivity index (χ0v) is 12.7. The maximum absolute atomic E-state index is 12.7. The number of amides is 2. The number of carbonyl (C=O) groups is 2. The number of imide groups is 1. The van der Waals surface area contributed by atoms with Gasteiger partial charge in [0.1, 0.15) is 0 Å². The van der Waals surface area contributed by atoms with Crippen LogP contribution in [0.1, 0.15) is 50.6 Å². The van der Waals surface area contributed by atoms with Gasteiger partial charge in [0.05, 0.1) is 11.1 Å². The van der Waals surface area contributed by atoms with Gasteiger partial charge in [-0.15, -0.1) is 0 Å². The first kappa shape index (κ1) is 14.3. The van der Waals surface area contributed by atoms with Gasteiger partial charge in [0.2, 0.25) is 11.8 Å². The molecule has 0 bridgehead atoms. The van der Waals surface area contributed by atoms with Gasteiger partial charge in [-0.2, -0.15) is 0 Å². The van der Waals surface area contributed by atoms with Crippen LogP contribution in [-0.2, 0) is 9.59 Å². The molecule has 2 aliphatic rings. The van der Waals surface area contributed by atoms with E-state index in [-0.39, 0.29) is 17.9 Å². The first-order chi connectivity index (χ1) is 10.1. The number of hydrogen-bond acceptors (Lipinski definition) is 3. The highest BCUT2D eigenvalue weighted by Gasteiger charge is 2.52. The van der Waals surface area contributed by atoms with E-state index in [0.717, 1.165) is 31.2 Å². The van der Waals surface area contributed by atoms with E-state index in [2.05, 4.69) is 12.2 Å². The summed E-state index contributed by atoms with van der Waals surface area (Å²) in [5, 5.41) is 3.18. The Hall–Kier alpha value is -1.68. The second kappa shape index (κ2) is 5.26. The van der Waals surface area contributed by atoms with Crippen LogP contribution in [0.3, 0.4) is 0 Å². The number of nitrogens with zero attached hydrogens (tertiary/aromatic N) is 1. The van der Waals surface area contributed by atoms with E-state index in [1.54, 1.807) is 0 Å². The lowest BCUT2D eigenvalue weighted by atomic mass is 9.84. The summed E-state index contributed by atoms with van der Waals surface area (Å²) in [6, 6.07) is 7.98. The van der Waals surface area contributed by atoms with Crippen molar-refractivity contribution in [1.82, 2.24) is 5.32 Å². The molecule has 1 aromatic rings. The predicted octanol–water partition coefficient (Wildman–Crippen LogP) is 2.79. The van der Waals surface area contributed by atoms with Gasteiger partial charge in [-0.1, -0.05) is 25.0 Å². The molecule has 3 rings (SSSR count). The first-order valence-electron chi connectivity index (χ1n) is 7.72. The van der Waals surface area contributed by atoms with Crippen molar-refractivity contribution in [2.75, 3.05) is 11.9 Å². The smallest absolute Gasteiger partial charge is 0.240 e. The monoisotopic (exact) mass is 286 g/mol. The Bertz CT molecular complexity index is 559. The molecule has 2 fully saturated rings. The normalized spacial score (nSPS) is 22.3. The summed E-state index contributed by atoms with van der Waals surface area (Å²) >= 11 is 0. The van der Waals surface area contributed by atoms with Crippen LogP contribution in [0.5, 0.6) is 0 Å². The van der Waals surface area contributed by atoms with Crippen molar-refractivity contribution in [2.24, 2.45) is 5.41 Å². The molecule has 2 amide bonds. The van der Waals surface area contributed by atoms with Crippen molar-refractivity contribution in [2.45, 2.75) is 45.1 Å². The molecule has 1 heterocycles. The summed E-state index contributed by atoms with van der Waals surface area (Å²) < 4.78 is 0. The third-order valence-electron chi connectivity index (χ3n) is 5.04. The Kier molecular flexibility index (Phi) is 3.57. The number of hydrogen-bond donors (Lipinski definition) is 1. The molecule has 0 radical (unpaired) electrons. The molecule has 4 nitrogen and oxygen atoms in total. The van der Waals surface area contributed by atoms with Crippen LogP contribution in [0, 0.1) is 5.41 Å². The topological polar surface area (TPSA) is 49.4 Å². The average Bonchev–Trinajstić information content (AvgIpc) is 3.05. The molecule has 1 spiro atoms. The lowest BCUT2D eigenvalue weighted by Crippen LogP contribution is -2.34. The summed E-state index contributed by atoms with van der Waals surface area (Å²) in [6.07, 6.45) is 4.24. The zero-order chi connectivity index (χ0) is 15.0. The molecule has 1 N–H and O–H groups in total. The van der Waals surface area contributed by atoms with E-state index < -0.39 is 5.41 Å². The lowest BCUT2D eigenvalue weighted by molar-refractivity contribution is -0.125. The average molecular weight is 286 g/mol. The van der Waals surface area contributed by atoms with Crippen LogP contribution in [0.4, 0.5) is 5.69 Å². The van der Waals surface area contributed by atoms with Crippen molar-refractivity contribution in [1.29, 1.82) is 0 Å². The van der Waals surface area contributed by atoms with Crippen molar-refractivity contribution < 1.29 is 9.59 Å². The fourth-order valence-electron chi connectivity index (χ4n) is 3.58. The lowest BCUT2D eigenvalue weighted by Gasteiger charge is -2.21. The number of carbonyl (C=O) groups excluding carboxylic acids is 2. The number of benzene rings is 1. The molecule has 4 heteroatoms. The standard InChI is InChI=1S/C17H22N2O2/c1-12(18-2)13-5-7-14(8-6-13)19-15(20)11-17(16(19)21)9-3-4-10-17/h5-8,12,18H,3-4,9-11H2,1-2H3. The van der Waals surface area contributed by atoms with Gasteiger partial charge >= 0.3 is 0 Å². The van der Waals surface area contributed by atoms with Gasteiger partial charge < -0.3 is 5.32 Å². The zero-order valence-electron chi connectivity index (χ0n) is 12.7. The SMILES string of the molecule is CNC(C)c1ccc(N2C(=O)CC3(CCCC3)C2=O)cc1. The second-order valence-corrected chi connectivity index (χ2v) is 6.30. The van der Waals surface area contributed by atoms with Gasteiger partial charge in [0.15, 0.2) is 0 Å². The van der Waals surface area contributed by atoms with Crippen molar-refractivity contribution in [3.8, 4) is 0 Å². The van der Waals surface area contributed by atoms with Gasteiger partial charge in [-0.25, -0.2) is 0 Å². The highest BCUT2D eigenvalue weighted by Crippen LogP contribution is 2.47. The minimum atomic E-state index is -0.395. The Morgan fingerprint density at radius 1 is 1.14 bits per heavy atom. The van der Waals surface area contributed by atoms with E-state index in [4.69, 9.17) is 0 Å². The van der Waals surface area contributed by atoms with E-state index in [1.807, 2.05) is 31.3 Å². The largest absolute Gasteiger partial charge is 0.313 e. The van der Waals surface area contributed by atoms with Crippen molar-refractivity contribution in [3.63, 3.8) is 0 Å². The fraction of sp³-hybridized carbons (Fsp3) is 0.529. The van der Waals surface area contributed by atoms with E-state index in [0.29, 0.717) is 12.1 Å². The third kappa shape index (κ3) is 2.27. The van der Waals surface area contributed by atoms with Crippen molar-refractivity contribution >= 4 is 17.5 Å². The molecule has 112 valence electrons. The van der Waals surface area contributed by atoms with E-state index >= 15 is 0 Å². The molecule has 1 aromatic carbocycles. The van der Waals surface area contributed by atoms with Crippen LogP contribution in [0.2, 0.25) is 0 Å². The maximum Gasteiger partial charge on any atom is 0.240 e. The second-order valence-electron chi connectivity index (χ2n) is 6.30. The molecule has 21 heavy (non-hydrogen) atoms. The van der Waals surface area contributed by atoms with Crippen LogP contribution in [0.25, 0.3) is 0 Å². The summed E-state index contributed by atoms with van der Waals surface area (Å²) in [5.74, 6) is -0.0317. The van der Waals surface area contributed by atoms with Gasteiger partial charge in [0, 0.05) is 12.5 Å². The molecule has 1 saturated carbocycles. The minimum Gasteiger partial charge on any atom is -0.313 e. The highest BCUT2D eigenvalue weighted by molar-refractivity contribution is 6.22. The van der Waals surface area contributed by atoms with Gasteiger partial charge in [-0.3, -0.25) is 14.5 Å². The molecule has 1 atom stereocenters. The summed E-state index contributed by atoms with van der Waals surface area (Å²) in [5.41, 5.74) is 1.46. The Balaban J connectivity index is 1.86. The Labute approximate surface area is 125 Å². The molecular formula is C17H22N2O2. The summed E-state index contributed by atoms with van der Waals surface area (Å²) in [7, 11) is 1.91. The van der Waals surface area contributed by atoms with E-state index in [9.17, 15) is 9.59 Å². The Morgan fingerprint density at radius 3 is 2.33 bits per heavy atom. The predicted molar refractivity (Wildman–Crippen MR) is 81.9 cm³/mol. The first-order valence-corrected chi connectivity index (χ1v) is 7.72. The van der Waals surface area contributed by atoms with Crippen LogP contribution < -0.4 is 10.2 Å². The highest BCUT2D eigenvalue weighted by atomic mass is 16.2. The summed E-state index contributed by atoms with van der Waals surface area (Å²) in [4.78, 5) is 26.4. The minimum absolute atomic E-state index is 0.0133. The maximum atomic E-state index is 12.7. The number of anilines is 1. The number of nitrogens with one attached hydrogen (secondary N) is 1. The summed E-state index contributed by atoms with van der Waals surface area (Å²) in [6.45, 7) is 2.08. The van der Waals surface area contributed by atoms with Gasteiger partial charge in [0.25, 0.3) is 0 Å². The van der Waals surface area contributed by atoms with Gasteiger partial charge in [-0.05, 0) is 44.5 Å². The molecular weight excluding hydrogens is 264 g/mol. The molecule has 1 aliphatic heterocycles. The molecule has 1 aliphatic carbocycles. The van der Waals surface area contributed by atoms with Crippen LogP contribution >= 0.6 is 0 Å². The quantitative estimate of drug-likeness (QED) is 0.869. The molecule has 0 aromatic heterocycles.